The van der Waals surface area contributed by atoms with Crippen LogP contribution >= 0.6 is 7.82 Å². The van der Waals surface area contributed by atoms with Gasteiger partial charge in [0.15, 0.2) is 16.8 Å². The van der Waals surface area contributed by atoms with Crippen LogP contribution in [0.3, 0.4) is 0 Å². The van der Waals surface area contributed by atoms with Gasteiger partial charge in [0.05, 0.1) is 0 Å². The number of phosphoric ester groups is 1. The topological polar surface area (TPSA) is 113 Å². The Bertz CT molecular complexity index is 867. The van der Waals surface area contributed by atoms with Gasteiger partial charge in [0, 0.05) is 12.1 Å². The predicted molar refractivity (Wildman–Crippen MR) is 67.4 cm³/mol. The molecule has 8 heteroatoms. The van der Waals surface area contributed by atoms with E-state index < -0.39 is 7.82 Å². The Morgan fingerprint density at radius 3 is 2.80 bits per heavy atom. The number of hydrogen-bond acceptors (Lipinski definition) is 6. The minimum absolute atomic E-state index is 0.110. The minimum atomic E-state index is -4.88. The van der Waals surface area contributed by atoms with E-state index in [1.165, 1.54) is 36.4 Å². The van der Waals surface area contributed by atoms with Crippen molar-refractivity contribution < 1.29 is 23.3 Å². The van der Waals surface area contributed by atoms with E-state index >= 15 is 0 Å². The summed E-state index contributed by atoms with van der Waals surface area (Å²) in [6.07, 6.45) is 0. The van der Waals surface area contributed by atoms with E-state index in [0.717, 1.165) is 0 Å². The van der Waals surface area contributed by atoms with Crippen molar-refractivity contribution in [2.24, 2.45) is 0 Å². The summed E-state index contributed by atoms with van der Waals surface area (Å²) in [5.74, 6) is 0.165. The molecule has 0 radical (unpaired) electrons. The molecule has 0 aromatic heterocycles. The normalized spacial score (nSPS) is 14.3. The largest absolute Gasteiger partial charge is 0.746 e. The van der Waals surface area contributed by atoms with Gasteiger partial charge in [0.2, 0.25) is 0 Å². The summed E-state index contributed by atoms with van der Waals surface area (Å²) >= 11 is 0. The van der Waals surface area contributed by atoms with Crippen molar-refractivity contribution in [1.82, 2.24) is 4.98 Å². The van der Waals surface area contributed by atoms with Gasteiger partial charge in [-0.3, -0.25) is 9.36 Å². The van der Waals surface area contributed by atoms with Crippen LogP contribution in [-0.4, -0.2) is 9.88 Å². The summed E-state index contributed by atoms with van der Waals surface area (Å²) < 4.78 is 20.5. The summed E-state index contributed by atoms with van der Waals surface area (Å²) in [6, 6.07) is 8.26. The second-order valence-corrected chi connectivity index (χ2v) is 5.15. The van der Waals surface area contributed by atoms with Gasteiger partial charge in [-0.15, -0.1) is 0 Å². The Morgan fingerprint density at radius 2 is 2.05 bits per heavy atom. The lowest BCUT2D eigenvalue weighted by Gasteiger charge is -2.16. The molecule has 1 atom stereocenters. The van der Waals surface area contributed by atoms with Crippen LogP contribution in [0.25, 0.3) is 22.6 Å². The molecule has 0 amide bonds. The molecule has 2 aliphatic rings. The smallest absolute Gasteiger partial charge is 0.317 e. The van der Waals surface area contributed by atoms with Gasteiger partial charge in [-0.25, -0.2) is 4.98 Å². The maximum Gasteiger partial charge on any atom is 0.317 e. The Balaban J connectivity index is 2.19. The zero-order valence-electron chi connectivity index (χ0n) is 9.85. The molecule has 3 rings (SSSR count). The Kier molecular flexibility index (Phi) is 2.83. The molecule has 0 bridgehead atoms. The zero-order chi connectivity index (χ0) is 14.3. The summed E-state index contributed by atoms with van der Waals surface area (Å²) in [7, 11) is -4.88. The fourth-order valence-electron chi connectivity index (χ4n) is 1.78. The number of rotatable bonds is 2. The van der Waals surface area contributed by atoms with Gasteiger partial charge < -0.3 is 18.7 Å². The first-order chi connectivity index (χ1) is 9.40. The lowest BCUT2D eigenvalue weighted by atomic mass is 10.2. The average molecular weight is 292 g/mol. The third-order valence-corrected chi connectivity index (χ3v) is 2.99. The molecule has 0 spiro atoms. The van der Waals surface area contributed by atoms with E-state index in [2.05, 4.69) is 9.51 Å². The van der Waals surface area contributed by atoms with Crippen LogP contribution in [0.4, 0.5) is 0 Å². The van der Waals surface area contributed by atoms with Crippen LogP contribution in [0, 0.1) is 0 Å². The highest BCUT2D eigenvalue weighted by Gasteiger charge is 2.11. The highest BCUT2D eigenvalue weighted by Crippen LogP contribution is 2.35. The van der Waals surface area contributed by atoms with E-state index in [-0.39, 0.29) is 22.5 Å². The second-order valence-electron chi connectivity index (χ2n) is 4.03. The molecule has 1 aromatic carbocycles. The molecule has 7 nitrogen and oxygen atoms in total. The number of phosphoric acid groups is 1. The zero-order valence-corrected chi connectivity index (χ0v) is 10.7. The highest BCUT2D eigenvalue weighted by molar-refractivity contribution is 7.45. The van der Waals surface area contributed by atoms with E-state index in [0.29, 0.717) is 11.2 Å². The Hall–Kier alpha value is -2.21. The molecule has 0 saturated heterocycles. The van der Waals surface area contributed by atoms with Crippen molar-refractivity contribution in [3.05, 3.63) is 46.6 Å². The predicted octanol–water partition coefficient (Wildman–Crippen LogP) is 1.13. The average Bonchev–Trinajstić information content (AvgIpc) is 2.34. The first-order valence-electron chi connectivity index (χ1n) is 5.49. The number of aromatic nitrogens is 1. The molecular weight excluding hydrogens is 285 g/mol. The fourth-order valence-corrected chi connectivity index (χ4v) is 2.16. The number of hydrogen-bond donors (Lipinski definition) is 1. The fraction of sp³-hybridized carbons (Fsp3) is 0. The molecule has 102 valence electrons. The van der Waals surface area contributed by atoms with E-state index in [1.807, 2.05) is 0 Å². The second kappa shape index (κ2) is 4.42. The highest BCUT2D eigenvalue weighted by atomic mass is 31.2. The molecule has 0 fully saturated rings. The molecule has 1 aromatic rings. The third-order valence-electron chi connectivity index (χ3n) is 2.54. The molecule has 0 saturated carbocycles. The van der Waals surface area contributed by atoms with Gasteiger partial charge in [-0.1, -0.05) is 0 Å². The molecular formula is C12H7NO6P-. The van der Waals surface area contributed by atoms with Crippen molar-refractivity contribution in [1.29, 1.82) is 0 Å². The van der Waals surface area contributed by atoms with E-state index in [4.69, 9.17) is 9.31 Å². The number of fused-ring (bicyclic) bond motifs is 2. The number of benzene rings is 2. The molecule has 1 heterocycles. The van der Waals surface area contributed by atoms with Crippen LogP contribution in [0.1, 0.15) is 0 Å². The lowest BCUT2D eigenvalue weighted by molar-refractivity contribution is -0.211. The maximum atomic E-state index is 11.3. The van der Waals surface area contributed by atoms with Crippen LogP contribution in [0.15, 0.2) is 45.6 Å². The molecule has 1 unspecified atom stereocenters. The summed E-state index contributed by atoms with van der Waals surface area (Å²) in [5.41, 5.74) is 0.966. The van der Waals surface area contributed by atoms with E-state index in [9.17, 15) is 14.3 Å². The van der Waals surface area contributed by atoms with Gasteiger partial charge in [-0.05, 0) is 24.3 Å². The van der Waals surface area contributed by atoms with Crippen molar-refractivity contribution in [2.75, 3.05) is 0 Å². The van der Waals surface area contributed by atoms with Crippen molar-refractivity contribution in [3.8, 4) is 17.2 Å². The van der Waals surface area contributed by atoms with Gasteiger partial charge in [0.1, 0.15) is 17.0 Å². The quantitative estimate of drug-likeness (QED) is 0.556. The van der Waals surface area contributed by atoms with Crippen molar-refractivity contribution in [2.45, 2.75) is 0 Å². The SMILES string of the molecule is O=c1ccc2nc3ccc(OP(=O)([O-])O)cc3oc-2c1. The van der Waals surface area contributed by atoms with E-state index in [1.54, 1.807) is 0 Å². The first kappa shape index (κ1) is 12.8. The molecule has 1 aliphatic carbocycles. The van der Waals surface area contributed by atoms with Gasteiger partial charge in [-0.2, -0.15) is 0 Å². The first-order valence-corrected chi connectivity index (χ1v) is 6.98. The van der Waals surface area contributed by atoms with Gasteiger partial charge in [0.25, 0.3) is 0 Å². The Labute approximate surface area is 112 Å². The summed E-state index contributed by atoms with van der Waals surface area (Å²) in [4.78, 5) is 34.8. The maximum absolute atomic E-state index is 11.3. The standard InChI is InChI=1S/C12H8NO6P/c14-7-1-3-9-11(5-7)18-12-6-8(19-20(15,16)17)2-4-10(12)13-9/h1-6H,(H2,15,16,17)/p-1. The van der Waals surface area contributed by atoms with Crippen LogP contribution < -0.4 is 14.8 Å². The van der Waals surface area contributed by atoms with Crippen LogP contribution in [0.5, 0.6) is 5.75 Å². The lowest BCUT2D eigenvalue weighted by Crippen LogP contribution is -2.05. The molecule has 20 heavy (non-hydrogen) atoms. The van der Waals surface area contributed by atoms with Crippen molar-refractivity contribution in [3.63, 3.8) is 0 Å². The summed E-state index contributed by atoms with van der Waals surface area (Å²) in [5, 5.41) is 0. The minimum Gasteiger partial charge on any atom is -0.746 e. The number of nitrogens with zero attached hydrogens (tertiary/aromatic N) is 1. The molecule has 1 N–H and O–H groups in total. The van der Waals surface area contributed by atoms with Gasteiger partial charge >= 0.3 is 7.82 Å². The third kappa shape index (κ3) is 2.55. The van der Waals surface area contributed by atoms with Crippen molar-refractivity contribution >= 4 is 18.9 Å². The Morgan fingerprint density at radius 1 is 1.25 bits per heavy atom. The molecule has 1 aliphatic heterocycles. The van der Waals surface area contributed by atoms with Crippen LogP contribution in [0.2, 0.25) is 0 Å². The van der Waals surface area contributed by atoms with Crippen LogP contribution in [-0.2, 0) is 4.57 Å². The summed E-state index contributed by atoms with van der Waals surface area (Å²) in [6.45, 7) is 0. The monoisotopic (exact) mass is 292 g/mol.